The predicted octanol–water partition coefficient (Wildman–Crippen LogP) is 13.1. The quantitative estimate of drug-likeness (QED) is 0.0308. The third-order valence-electron chi connectivity index (χ3n) is 15.9. The molecule has 0 rings (SSSR count). The van der Waals surface area contributed by atoms with E-state index in [1.807, 2.05) is 0 Å². The van der Waals surface area contributed by atoms with Crippen molar-refractivity contribution in [3.63, 3.8) is 0 Å². The lowest BCUT2D eigenvalue weighted by Gasteiger charge is -2.20. The van der Waals surface area contributed by atoms with Gasteiger partial charge in [-0.2, -0.15) is 31.6 Å². The highest BCUT2D eigenvalue weighted by molar-refractivity contribution is 8.23. The van der Waals surface area contributed by atoms with Crippen LogP contribution in [0.15, 0.2) is 0 Å². The van der Waals surface area contributed by atoms with Gasteiger partial charge >= 0.3 is 7.83 Å². The van der Waals surface area contributed by atoms with Gasteiger partial charge < -0.3 is 0 Å². The van der Waals surface area contributed by atoms with E-state index in [9.17, 15) is 50.5 Å². The fourth-order valence-corrected chi connectivity index (χ4v) is 24.3. The van der Waals surface area contributed by atoms with Crippen LogP contribution in [-0.4, -0.2) is 97.6 Å². The van der Waals surface area contributed by atoms with Crippen molar-refractivity contribution < 1.29 is 50.5 Å². The average molecular weight is 1460 g/mol. The molecule has 0 aromatic rings. The number of sulfonamides is 6. The average Bonchev–Trinajstić information content (AvgIpc) is 0.781. The Balaban J connectivity index is 0. The van der Waals surface area contributed by atoms with Gasteiger partial charge in [-0.25, -0.2) is 78.8 Å². The molecule has 0 saturated heterocycles. The molecule has 0 saturated carbocycles. The van der Waals surface area contributed by atoms with Gasteiger partial charge in [0.2, 0.25) is 60.1 Å². The molecular weight excluding hydrogens is 1330 g/mol. The Morgan fingerprint density at radius 1 is 0.168 bits per heavy atom. The fraction of sp³-hybridized carbons (Fsp3) is 0.908. The van der Waals surface area contributed by atoms with Crippen molar-refractivity contribution in [2.75, 3.05) is 39.3 Å². The Bertz CT molecular complexity index is 2580. The molecule has 0 atom stereocenters. The van der Waals surface area contributed by atoms with Gasteiger partial charge in [0.05, 0.1) is 36.4 Å². The number of rotatable bonds is 69. The van der Waals surface area contributed by atoms with E-state index in [-0.39, 0.29) is 39.3 Å². The maximum Gasteiger partial charge on any atom is 0.303 e. The molecule has 0 fully saturated rings. The van der Waals surface area contributed by atoms with Gasteiger partial charge in [0.15, 0.2) is 0 Å². The number of unbranched alkanes of at least 4 members (excludes halogenated alkanes) is 45. The third-order valence-corrected chi connectivity index (χ3v) is 31.7. The standard InChI is InChI=1S/C34H64N6O6S3.C31H58N6O6S3/c35-28-22-16-10-4-1-7-13-19-25-31-38-47(41,42)34(48(43,44)39-32-26-20-14-8-2-5-11-17-23-29-36)49(45,46)40-33-27-21-15-9-3-6-12-18-24-30-37;32-25-19-13-7-1-4-10-16-22-28-35-44(38,39)31(45(40,41)36-29-23-17-11-5-2-8-14-20-26-33)46(42,43)37-30-24-18-12-6-3-9-15-21-27-34/h34,38-40H,1-27,31-33H2;31,35-37H,1-24,28-30H2. The van der Waals surface area contributed by atoms with E-state index in [4.69, 9.17) is 31.6 Å². The summed E-state index contributed by atoms with van der Waals surface area (Å²) in [6.45, 7) is -0.375. The Hall–Kier alpha value is -3.60. The first-order chi connectivity index (χ1) is 45.6. The van der Waals surface area contributed by atoms with Crippen molar-refractivity contribution in [2.24, 2.45) is 0 Å². The van der Waals surface area contributed by atoms with Crippen molar-refractivity contribution in [3.05, 3.63) is 0 Å². The normalized spacial score (nSPS) is 12.1. The summed E-state index contributed by atoms with van der Waals surface area (Å²) in [6.07, 6.45) is 41.6. The summed E-state index contributed by atoms with van der Waals surface area (Å²) in [5, 5.41) is 51.6. The van der Waals surface area contributed by atoms with E-state index in [0.717, 1.165) is 231 Å². The summed E-state index contributed by atoms with van der Waals surface area (Å²) in [5.74, 6) is 0. The molecule has 6 N–H and O–H groups in total. The molecule has 0 bridgehead atoms. The minimum absolute atomic E-state index is 0.0565. The van der Waals surface area contributed by atoms with Gasteiger partial charge in [0.25, 0.3) is 0 Å². The summed E-state index contributed by atoms with van der Waals surface area (Å²) < 4.78 is 167. The minimum atomic E-state index is -4.80. The minimum Gasteiger partial charge on any atom is -0.213 e. The third kappa shape index (κ3) is 54.9. The van der Waals surface area contributed by atoms with Crippen LogP contribution in [0.1, 0.15) is 327 Å². The Morgan fingerprint density at radius 2 is 0.263 bits per heavy atom. The van der Waals surface area contributed by atoms with Crippen molar-refractivity contribution in [1.29, 1.82) is 31.6 Å². The SMILES string of the molecule is N#CCCCCCCCCCCNS(=O)(=O)C(S(=O)(=O)NCCCCCCCCCCC#N)S(=O)(=O)NCCCCCCCCCCC#N.N#CCCCCCCCCCNS(=O)(=O)C(S(=O)(=O)NCCCCCCCCCC#N)S(=O)(=O)NCCCCCCCCCC#N. The van der Waals surface area contributed by atoms with Crippen LogP contribution in [0.5, 0.6) is 0 Å². The number of hydrogen-bond donors (Lipinski definition) is 6. The lowest BCUT2D eigenvalue weighted by molar-refractivity contribution is 0.538. The zero-order valence-corrected chi connectivity index (χ0v) is 62.4. The topological polar surface area (TPSA) is 420 Å². The Labute approximate surface area is 577 Å². The largest absolute Gasteiger partial charge is 0.303 e. The van der Waals surface area contributed by atoms with E-state index in [2.05, 4.69) is 64.7 Å². The number of nitrogens with zero attached hydrogens (tertiary/aromatic N) is 6. The summed E-state index contributed by atoms with van der Waals surface area (Å²) >= 11 is 0. The van der Waals surface area contributed by atoms with E-state index < -0.39 is 68.0 Å². The molecule has 30 heteroatoms. The smallest absolute Gasteiger partial charge is 0.213 e. The zero-order valence-electron chi connectivity index (χ0n) is 57.5. The molecule has 0 spiro atoms. The second-order valence-corrected chi connectivity index (χ2v) is 37.5. The maximum atomic E-state index is 13.3. The van der Waals surface area contributed by atoms with E-state index in [1.165, 1.54) is 0 Å². The summed E-state index contributed by atoms with van der Waals surface area (Å²) in [6, 6.07) is 12.7. The second kappa shape index (κ2) is 62.6. The van der Waals surface area contributed by atoms with Crippen molar-refractivity contribution in [3.8, 4) is 36.4 Å². The second-order valence-electron chi connectivity index (χ2n) is 24.6. The Morgan fingerprint density at radius 3 is 0.368 bits per heavy atom. The molecule has 0 aromatic carbocycles. The fourth-order valence-electron chi connectivity index (χ4n) is 10.5. The Kier molecular flexibility index (Phi) is 61.6. The molecule has 0 aliphatic carbocycles. The van der Waals surface area contributed by atoms with Crippen LogP contribution in [0.3, 0.4) is 0 Å². The molecule has 0 radical (unpaired) electrons. The van der Waals surface area contributed by atoms with Gasteiger partial charge in [0, 0.05) is 77.8 Å². The molecule has 0 aliphatic rings. The van der Waals surface area contributed by atoms with Crippen LogP contribution >= 0.6 is 0 Å². The lowest BCUT2D eigenvalue weighted by Crippen LogP contribution is -2.53. The molecule has 0 amide bonds. The van der Waals surface area contributed by atoms with Gasteiger partial charge in [-0.05, 0) is 77.0 Å². The molecule has 0 aromatic heterocycles. The molecule has 550 valence electrons. The van der Waals surface area contributed by atoms with Gasteiger partial charge in [0.1, 0.15) is 0 Å². The highest BCUT2D eigenvalue weighted by atomic mass is 32.3. The van der Waals surface area contributed by atoms with Crippen LogP contribution in [0.25, 0.3) is 0 Å². The van der Waals surface area contributed by atoms with E-state index in [1.54, 1.807) is 0 Å². The predicted molar refractivity (Wildman–Crippen MR) is 378 cm³/mol. The summed E-state index contributed by atoms with van der Waals surface area (Å²) in [5.41, 5.74) is 0. The molecular formula is C65H122N12O12S6. The number of hydrogen-bond acceptors (Lipinski definition) is 18. The van der Waals surface area contributed by atoms with Gasteiger partial charge in [-0.3, -0.25) is 0 Å². The highest BCUT2D eigenvalue weighted by Crippen LogP contribution is 2.20. The van der Waals surface area contributed by atoms with E-state index in [0.29, 0.717) is 96.3 Å². The van der Waals surface area contributed by atoms with Crippen molar-refractivity contribution in [2.45, 2.75) is 335 Å². The molecule has 24 nitrogen and oxygen atoms in total. The van der Waals surface area contributed by atoms with Gasteiger partial charge in [-0.15, -0.1) is 0 Å². The first kappa shape index (κ1) is 93.5. The van der Waals surface area contributed by atoms with Crippen LogP contribution in [-0.2, 0) is 60.1 Å². The monoisotopic (exact) mass is 1450 g/mol. The molecule has 0 heterocycles. The number of nitriles is 6. The van der Waals surface area contributed by atoms with E-state index >= 15 is 0 Å². The van der Waals surface area contributed by atoms with Crippen LogP contribution < -0.4 is 28.3 Å². The number of nitrogens with one attached hydrogen (secondary N) is 6. The summed E-state index contributed by atoms with van der Waals surface area (Å²) in [7, 11) is -28.8. The maximum absolute atomic E-state index is 13.3. The van der Waals surface area contributed by atoms with Gasteiger partial charge in [-0.1, -0.05) is 212 Å². The molecule has 0 aliphatic heterocycles. The first-order valence-corrected chi connectivity index (χ1v) is 45.0. The highest BCUT2D eigenvalue weighted by Gasteiger charge is 2.49. The molecule has 95 heavy (non-hydrogen) atoms. The zero-order chi connectivity index (χ0) is 70.9. The van der Waals surface area contributed by atoms with Crippen LogP contribution in [0.4, 0.5) is 0 Å². The first-order valence-electron chi connectivity index (χ1n) is 35.7. The molecule has 0 unspecified atom stereocenters. The summed E-state index contributed by atoms with van der Waals surface area (Å²) in [4.78, 5) is 0. The van der Waals surface area contributed by atoms with Crippen LogP contribution in [0.2, 0.25) is 0 Å². The van der Waals surface area contributed by atoms with Crippen LogP contribution in [0, 0.1) is 68.0 Å². The lowest BCUT2D eigenvalue weighted by atomic mass is 10.1. The van der Waals surface area contributed by atoms with Crippen molar-refractivity contribution >= 4 is 60.1 Å². The van der Waals surface area contributed by atoms with Crippen molar-refractivity contribution in [1.82, 2.24) is 28.3 Å².